The first-order valence-electron chi connectivity index (χ1n) is 8.02. The second-order valence-corrected chi connectivity index (χ2v) is 5.99. The molecule has 0 fully saturated rings. The van der Waals surface area contributed by atoms with Crippen molar-refractivity contribution >= 4 is 24.0 Å². The third kappa shape index (κ3) is 4.08. The molecule has 0 aromatic heterocycles. The Morgan fingerprint density at radius 2 is 1.96 bits per heavy atom. The maximum atomic E-state index is 12.5. The van der Waals surface area contributed by atoms with Crippen molar-refractivity contribution in [3.8, 4) is 5.75 Å². The molecule has 128 valence electrons. The molecule has 2 unspecified atom stereocenters. The quantitative estimate of drug-likeness (QED) is 0.887. The van der Waals surface area contributed by atoms with E-state index in [9.17, 15) is 4.79 Å². The van der Waals surface area contributed by atoms with Gasteiger partial charge in [-0.15, -0.1) is 12.4 Å². The second-order valence-electron chi connectivity index (χ2n) is 5.99. The van der Waals surface area contributed by atoms with Crippen molar-refractivity contribution in [3.63, 3.8) is 0 Å². The largest absolute Gasteiger partial charge is 0.493 e. The summed E-state index contributed by atoms with van der Waals surface area (Å²) in [6.45, 7) is 2.62. The molecule has 1 aliphatic rings. The highest BCUT2D eigenvalue weighted by molar-refractivity contribution is 5.93. The highest BCUT2D eigenvalue weighted by atomic mass is 35.5. The standard InChI is InChI=1S/C19H22N2O2.ClH/c1-13(18(20)14-6-3-2-4-7-14)19(22)21-16-9-10-17-15(12-16)8-5-11-23-17;/h2-4,6-7,9-10,12-13,18H,5,8,11,20H2,1H3,(H,21,22);1H. The third-order valence-electron chi connectivity index (χ3n) is 4.31. The van der Waals surface area contributed by atoms with Gasteiger partial charge in [-0.2, -0.15) is 0 Å². The van der Waals surface area contributed by atoms with Gasteiger partial charge in [-0.1, -0.05) is 37.3 Å². The number of amides is 1. The highest BCUT2D eigenvalue weighted by Gasteiger charge is 2.22. The van der Waals surface area contributed by atoms with Crippen LogP contribution in [0.5, 0.6) is 5.75 Å². The number of ether oxygens (including phenoxy) is 1. The number of hydrogen-bond acceptors (Lipinski definition) is 3. The molecule has 0 radical (unpaired) electrons. The second kappa shape index (κ2) is 8.18. The molecule has 0 spiro atoms. The molecule has 0 saturated carbocycles. The summed E-state index contributed by atoms with van der Waals surface area (Å²) in [5.41, 5.74) is 9.13. The predicted octanol–water partition coefficient (Wildman–Crippen LogP) is 3.71. The van der Waals surface area contributed by atoms with E-state index in [-0.39, 0.29) is 30.3 Å². The molecule has 0 aliphatic carbocycles. The van der Waals surface area contributed by atoms with Crippen LogP contribution < -0.4 is 15.8 Å². The van der Waals surface area contributed by atoms with Crippen LogP contribution in [-0.4, -0.2) is 12.5 Å². The van der Waals surface area contributed by atoms with E-state index in [2.05, 4.69) is 5.32 Å². The van der Waals surface area contributed by atoms with E-state index < -0.39 is 0 Å². The van der Waals surface area contributed by atoms with E-state index in [0.717, 1.165) is 42.0 Å². The van der Waals surface area contributed by atoms with Gasteiger partial charge < -0.3 is 15.8 Å². The SMILES string of the molecule is CC(C(=O)Nc1ccc2c(c1)CCCO2)C(N)c1ccccc1.Cl. The normalized spacial score (nSPS) is 15.2. The van der Waals surface area contributed by atoms with Crippen molar-refractivity contribution in [1.82, 2.24) is 0 Å². The molecule has 1 heterocycles. The van der Waals surface area contributed by atoms with Crippen molar-refractivity contribution < 1.29 is 9.53 Å². The first-order chi connectivity index (χ1) is 11.1. The van der Waals surface area contributed by atoms with E-state index in [0.29, 0.717) is 0 Å². The van der Waals surface area contributed by atoms with Crippen molar-refractivity contribution in [1.29, 1.82) is 0 Å². The summed E-state index contributed by atoms with van der Waals surface area (Å²) in [6.07, 6.45) is 2.00. The Balaban J connectivity index is 0.00000208. The fourth-order valence-electron chi connectivity index (χ4n) is 2.82. The number of anilines is 1. The fraction of sp³-hybridized carbons (Fsp3) is 0.316. The summed E-state index contributed by atoms with van der Waals surface area (Å²) in [5.74, 6) is 0.533. The maximum Gasteiger partial charge on any atom is 0.229 e. The monoisotopic (exact) mass is 346 g/mol. The van der Waals surface area contributed by atoms with Crippen LogP contribution in [0.1, 0.15) is 30.5 Å². The number of aryl methyl sites for hydroxylation is 1. The van der Waals surface area contributed by atoms with Crippen molar-refractivity contribution in [3.05, 3.63) is 59.7 Å². The smallest absolute Gasteiger partial charge is 0.229 e. The molecule has 2 atom stereocenters. The van der Waals surface area contributed by atoms with Gasteiger partial charge in [0.05, 0.1) is 12.5 Å². The highest BCUT2D eigenvalue weighted by Crippen LogP contribution is 2.28. The maximum absolute atomic E-state index is 12.5. The number of carbonyl (C=O) groups is 1. The molecular formula is C19H23ClN2O2. The lowest BCUT2D eigenvalue weighted by molar-refractivity contribution is -0.120. The molecule has 4 nitrogen and oxygen atoms in total. The number of halogens is 1. The van der Waals surface area contributed by atoms with Gasteiger partial charge in [0.25, 0.3) is 0 Å². The zero-order valence-electron chi connectivity index (χ0n) is 13.7. The summed E-state index contributed by atoms with van der Waals surface area (Å²) in [6, 6.07) is 15.2. The van der Waals surface area contributed by atoms with Crippen LogP contribution in [0.4, 0.5) is 5.69 Å². The first kappa shape index (κ1) is 18.3. The van der Waals surface area contributed by atoms with Crippen molar-refractivity contribution in [2.24, 2.45) is 11.7 Å². The Morgan fingerprint density at radius 1 is 1.21 bits per heavy atom. The van der Waals surface area contributed by atoms with Crippen LogP contribution in [0.15, 0.2) is 48.5 Å². The van der Waals surface area contributed by atoms with Crippen LogP contribution in [0.3, 0.4) is 0 Å². The Labute approximate surface area is 148 Å². The van der Waals surface area contributed by atoms with Crippen LogP contribution in [0, 0.1) is 5.92 Å². The lowest BCUT2D eigenvalue weighted by Gasteiger charge is -2.21. The lowest BCUT2D eigenvalue weighted by Crippen LogP contribution is -2.30. The van der Waals surface area contributed by atoms with Gasteiger partial charge in [0.1, 0.15) is 5.75 Å². The van der Waals surface area contributed by atoms with Crippen LogP contribution in [-0.2, 0) is 11.2 Å². The van der Waals surface area contributed by atoms with E-state index in [4.69, 9.17) is 10.5 Å². The minimum Gasteiger partial charge on any atom is -0.493 e. The van der Waals surface area contributed by atoms with E-state index in [1.54, 1.807) is 0 Å². The minimum atomic E-state index is -0.322. The molecule has 0 bridgehead atoms. The first-order valence-corrected chi connectivity index (χ1v) is 8.02. The number of carbonyl (C=O) groups excluding carboxylic acids is 1. The van der Waals surface area contributed by atoms with Gasteiger partial charge in [0.2, 0.25) is 5.91 Å². The van der Waals surface area contributed by atoms with Gasteiger partial charge >= 0.3 is 0 Å². The number of nitrogens with two attached hydrogens (primary N) is 1. The minimum absolute atomic E-state index is 0. The average molecular weight is 347 g/mol. The van der Waals surface area contributed by atoms with Crippen molar-refractivity contribution in [2.75, 3.05) is 11.9 Å². The Kier molecular flexibility index (Phi) is 6.23. The topological polar surface area (TPSA) is 64.3 Å². The molecule has 0 saturated heterocycles. The Bertz CT molecular complexity index is 691. The number of rotatable bonds is 4. The number of hydrogen-bond donors (Lipinski definition) is 2. The summed E-state index contributed by atoms with van der Waals surface area (Å²) < 4.78 is 5.59. The molecule has 3 rings (SSSR count). The van der Waals surface area contributed by atoms with Crippen LogP contribution in [0.25, 0.3) is 0 Å². The van der Waals surface area contributed by atoms with Gasteiger partial charge in [0, 0.05) is 11.7 Å². The van der Waals surface area contributed by atoms with Gasteiger partial charge in [-0.25, -0.2) is 0 Å². The summed E-state index contributed by atoms with van der Waals surface area (Å²) >= 11 is 0. The Hall–Kier alpha value is -2.04. The van der Waals surface area contributed by atoms with Gasteiger partial charge in [-0.05, 0) is 42.2 Å². The van der Waals surface area contributed by atoms with Crippen LogP contribution in [0.2, 0.25) is 0 Å². The third-order valence-corrected chi connectivity index (χ3v) is 4.31. The molecule has 5 heteroatoms. The van der Waals surface area contributed by atoms with Crippen molar-refractivity contribution in [2.45, 2.75) is 25.8 Å². The molecule has 24 heavy (non-hydrogen) atoms. The summed E-state index contributed by atoms with van der Waals surface area (Å²) in [5, 5.41) is 2.97. The lowest BCUT2D eigenvalue weighted by atomic mass is 9.94. The van der Waals surface area contributed by atoms with Gasteiger partial charge in [-0.3, -0.25) is 4.79 Å². The zero-order valence-corrected chi connectivity index (χ0v) is 14.5. The molecular weight excluding hydrogens is 324 g/mol. The predicted molar refractivity (Wildman–Crippen MR) is 98.7 cm³/mol. The molecule has 3 N–H and O–H groups in total. The average Bonchev–Trinajstić information content (AvgIpc) is 2.61. The molecule has 1 amide bonds. The molecule has 1 aliphatic heterocycles. The van der Waals surface area contributed by atoms with E-state index in [1.807, 2.05) is 55.5 Å². The summed E-state index contributed by atoms with van der Waals surface area (Å²) in [4.78, 5) is 12.5. The molecule has 2 aromatic carbocycles. The Morgan fingerprint density at radius 3 is 2.71 bits per heavy atom. The van der Waals surface area contributed by atoms with Crippen LogP contribution >= 0.6 is 12.4 Å². The fourth-order valence-corrected chi connectivity index (χ4v) is 2.82. The zero-order chi connectivity index (χ0) is 16.2. The summed E-state index contributed by atoms with van der Waals surface area (Å²) in [7, 11) is 0. The number of nitrogens with one attached hydrogen (secondary N) is 1. The van der Waals surface area contributed by atoms with E-state index >= 15 is 0 Å². The van der Waals surface area contributed by atoms with Gasteiger partial charge in [0.15, 0.2) is 0 Å². The number of benzene rings is 2. The van der Waals surface area contributed by atoms with E-state index in [1.165, 1.54) is 0 Å². The number of fused-ring (bicyclic) bond motifs is 1. The molecule has 2 aromatic rings.